The number of rotatable bonds is 7. The highest BCUT2D eigenvalue weighted by Crippen LogP contribution is 2.35. The molecule has 11 heteroatoms. The van der Waals surface area contributed by atoms with E-state index in [1.807, 2.05) is 6.92 Å². The highest BCUT2D eigenvalue weighted by molar-refractivity contribution is 7.92. The van der Waals surface area contributed by atoms with E-state index in [4.69, 9.17) is 17.3 Å². The predicted molar refractivity (Wildman–Crippen MR) is 119 cm³/mol. The van der Waals surface area contributed by atoms with Gasteiger partial charge in [0.05, 0.1) is 27.2 Å². The molecule has 0 aliphatic heterocycles. The number of hydrogen-bond donors (Lipinski definition) is 3. The van der Waals surface area contributed by atoms with Crippen LogP contribution in [0.15, 0.2) is 47.5 Å². The summed E-state index contributed by atoms with van der Waals surface area (Å²) in [7, 11) is -3.83. The second kappa shape index (κ2) is 9.09. The molecule has 158 valence electrons. The molecule has 3 rings (SSSR count). The molecular formula is C19H20ClN5O3S2. The van der Waals surface area contributed by atoms with Crippen molar-refractivity contribution in [2.45, 2.75) is 31.2 Å². The molecule has 0 aliphatic rings. The van der Waals surface area contributed by atoms with E-state index in [1.54, 1.807) is 31.2 Å². The summed E-state index contributed by atoms with van der Waals surface area (Å²) in [6.45, 7) is 3.60. The second-order valence-corrected chi connectivity index (χ2v) is 9.46. The van der Waals surface area contributed by atoms with Gasteiger partial charge in [-0.05, 0) is 31.5 Å². The predicted octanol–water partition coefficient (Wildman–Crippen LogP) is 3.64. The summed E-state index contributed by atoms with van der Waals surface area (Å²) in [5, 5.41) is 3.11. The molecule has 0 saturated carbocycles. The zero-order chi connectivity index (χ0) is 21.9. The van der Waals surface area contributed by atoms with Gasteiger partial charge in [-0.2, -0.15) is 0 Å². The van der Waals surface area contributed by atoms with Gasteiger partial charge < -0.3 is 11.1 Å². The third-order valence-electron chi connectivity index (χ3n) is 4.20. The smallest absolute Gasteiger partial charge is 0.261 e. The number of nitrogens with one attached hydrogen (secondary N) is 2. The molecule has 0 aliphatic carbocycles. The molecule has 0 radical (unpaired) electrons. The average molecular weight is 466 g/mol. The van der Waals surface area contributed by atoms with Crippen molar-refractivity contribution < 1.29 is 13.2 Å². The molecule has 3 aromatic rings. The summed E-state index contributed by atoms with van der Waals surface area (Å²) in [6, 6.07) is 8.92. The number of nitrogens with two attached hydrogens (primary N) is 1. The van der Waals surface area contributed by atoms with E-state index in [0.29, 0.717) is 22.8 Å². The van der Waals surface area contributed by atoms with Crippen LogP contribution in [0.3, 0.4) is 0 Å². The maximum atomic E-state index is 12.6. The number of hydrogen-bond acceptors (Lipinski definition) is 7. The molecule has 0 bridgehead atoms. The molecule has 2 aromatic heterocycles. The lowest BCUT2D eigenvalue weighted by Crippen LogP contribution is -2.34. The number of nitrogens with zero attached hydrogens (tertiary/aromatic N) is 2. The summed E-state index contributed by atoms with van der Waals surface area (Å²) in [6.07, 6.45) is 2.03. The third kappa shape index (κ3) is 4.96. The summed E-state index contributed by atoms with van der Waals surface area (Å²) in [5.41, 5.74) is 7.15. The van der Waals surface area contributed by atoms with E-state index in [-0.39, 0.29) is 21.6 Å². The zero-order valence-corrected chi connectivity index (χ0v) is 18.6. The lowest BCUT2D eigenvalue weighted by atomic mass is 10.2. The topological polar surface area (TPSA) is 127 Å². The van der Waals surface area contributed by atoms with Crippen LogP contribution in [-0.2, 0) is 14.8 Å². The Labute approximate surface area is 183 Å². The van der Waals surface area contributed by atoms with Crippen molar-refractivity contribution >= 4 is 49.7 Å². The molecule has 1 aromatic carbocycles. The van der Waals surface area contributed by atoms with E-state index < -0.39 is 16.1 Å². The number of halogens is 1. The van der Waals surface area contributed by atoms with Crippen molar-refractivity contribution in [2.75, 3.05) is 10.0 Å². The standard InChI is InChI=1S/C19H20ClN5O3S2/c1-3-14(21)18(26)24-19-23-11(2)16(29-19)12-9-15(17(20)22-10-12)25-30(27,28)13-7-5-4-6-8-13/h4-10,14,25H,3,21H2,1-2H3,(H,23,24,26)/t14-/m1/s1. The third-order valence-corrected chi connectivity index (χ3v) is 7.01. The number of aromatic nitrogens is 2. The van der Waals surface area contributed by atoms with Crippen molar-refractivity contribution in [3.05, 3.63) is 53.4 Å². The van der Waals surface area contributed by atoms with E-state index >= 15 is 0 Å². The molecule has 0 spiro atoms. The number of anilines is 2. The molecular weight excluding hydrogens is 446 g/mol. The number of thiazole rings is 1. The highest BCUT2D eigenvalue weighted by Gasteiger charge is 2.19. The minimum atomic E-state index is -3.83. The lowest BCUT2D eigenvalue weighted by molar-refractivity contribution is -0.117. The summed E-state index contributed by atoms with van der Waals surface area (Å²) in [5.74, 6) is -0.316. The van der Waals surface area contributed by atoms with Crippen LogP contribution >= 0.6 is 22.9 Å². The van der Waals surface area contributed by atoms with Gasteiger partial charge in [-0.1, -0.05) is 48.1 Å². The van der Waals surface area contributed by atoms with E-state index in [0.717, 1.165) is 4.88 Å². The second-order valence-electron chi connectivity index (χ2n) is 6.42. The first-order valence-electron chi connectivity index (χ1n) is 8.99. The van der Waals surface area contributed by atoms with Gasteiger partial charge in [0, 0.05) is 11.8 Å². The number of benzene rings is 1. The SMILES string of the molecule is CC[C@@H](N)C(=O)Nc1nc(C)c(-c2cnc(Cl)c(NS(=O)(=O)c3ccccc3)c2)s1. The van der Waals surface area contributed by atoms with Crippen molar-refractivity contribution in [2.24, 2.45) is 5.73 Å². The van der Waals surface area contributed by atoms with Gasteiger partial charge in [-0.15, -0.1) is 0 Å². The van der Waals surface area contributed by atoms with Crippen LogP contribution in [0.25, 0.3) is 10.4 Å². The minimum absolute atomic E-state index is 0.0165. The number of carbonyl (C=O) groups is 1. The van der Waals surface area contributed by atoms with Crippen LogP contribution < -0.4 is 15.8 Å². The fourth-order valence-corrected chi connectivity index (χ4v) is 4.78. The van der Waals surface area contributed by atoms with E-state index in [1.165, 1.54) is 29.7 Å². The molecule has 0 unspecified atom stereocenters. The molecule has 2 heterocycles. The van der Waals surface area contributed by atoms with E-state index in [2.05, 4.69) is 20.0 Å². The fourth-order valence-electron chi connectivity index (χ4n) is 2.55. The first kappa shape index (κ1) is 22.2. The van der Waals surface area contributed by atoms with Gasteiger partial charge >= 0.3 is 0 Å². The summed E-state index contributed by atoms with van der Waals surface area (Å²) < 4.78 is 27.7. The molecule has 0 saturated heterocycles. The van der Waals surface area contributed by atoms with Crippen LogP contribution in [0.4, 0.5) is 10.8 Å². The molecule has 4 N–H and O–H groups in total. The monoisotopic (exact) mass is 465 g/mol. The first-order valence-corrected chi connectivity index (χ1v) is 11.7. The van der Waals surface area contributed by atoms with Crippen molar-refractivity contribution in [1.29, 1.82) is 0 Å². The number of sulfonamides is 1. The van der Waals surface area contributed by atoms with Crippen LogP contribution in [0.2, 0.25) is 5.15 Å². The molecule has 1 amide bonds. The van der Waals surface area contributed by atoms with Gasteiger partial charge in [-0.25, -0.2) is 18.4 Å². The van der Waals surface area contributed by atoms with Gasteiger partial charge in [-0.3, -0.25) is 9.52 Å². The number of carbonyl (C=O) groups excluding carboxylic acids is 1. The van der Waals surface area contributed by atoms with Gasteiger partial charge in [0.25, 0.3) is 10.0 Å². The van der Waals surface area contributed by atoms with Crippen molar-refractivity contribution in [3.8, 4) is 10.4 Å². The highest BCUT2D eigenvalue weighted by atomic mass is 35.5. The van der Waals surface area contributed by atoms with Crippen LogP contribution in [0, 0.1) is 6.92 Å². The molecule has 1 atom stereocenters. The van der Waals surface area contributed by atoms with Crippen LogP contribution in [0.1, 0.15) is 19.0 Å². The maximum absolute atomic E-state index is 12.6. The van der Waals surface area contributed by atoms with Crippen LogP contribution in [0.5, 0.6) is 0 Å². The molecule has 0 fully saturated rings. The minimum Gasteiger partial charge on any atom is -0.320 e. The fraction of sp³-hybridized carbons (Fsp3) is 0.211. The number of aryl methyl sites for hydroxylation is 1. The average Bonchev–Trinajstić information content (AvgIpc) is 3.09. The Morgan fingerprint density at radius 3 is 2.67 bits per heavy atom. The van der Waals surface area contributed by atoms with Crippen molar-refractivity contribution in [1.82, 2.24) is 9.97 Å². The Kier molecular flexibility index (Phi) is 6.71. The number of pyridine rings is 1. The Morgan fingerprint density at radius 2 is 2.00 bits per heavy atom. The largest absolute Gasteiger partial charge is 0.320 e. The Bertz CT molecular complexity index is 1170. The summed E-state index contributed by atoms with van der Waals surface area (Å²) >= 11 is 7.36. The van der Waals surface area contributed by atoms with Gasteiger partial charge in [0.15, 0.2) is 10.3 Å². The van der Waals surface area contributed by atoms with E-state index in [9.17, 15) is 13.2 Å². The number of amides is 1. The van der Waals surface area contributed by atoms with Gasteiger partial charge in [0.1, 0.15) is 0 Å². The van der Waals surface area contributed by atoms with Gasteiger partial charge in [0.2, 0.25) is 5.91 Å². The molecule has 30 heavy (non-hydrogen) atoms. The van der Waals surface area contributed by atoms with Crippen molar-refractivity contribution in [3.63, 3.8) is 0 Å². The Balaban J connectivity index is 1.90. The molecule has 8 nitrogen and oxygen atoms in total. The van der Waals surface area contributed by atoms with Crippen LogP contribution in [-0.4, -0.2) is 30.3 Å². The quantitative estimate of drug-likeness (QED) is 0.457. The lowest BCUT2D eigenvalue weighted by Gasteiger charge is -2.10. The zero-order valence-electron chi connectivity index (χ0n) is 16.2. The Hall–Kier alpha value is -2.53. The Morgan fingerprint density at radius 1 is 1.30 bits per heavy atom. The summed E-state index contributed by atoms with van der Waals surface area (Å²) in [4.78, 5) is 21.3. The normalized spacial score (nSPS) is 12.4. The maximum Gasteiger partial charge on any atom is 0.261 e. The first-order chi connectivity index (χ1) is 14.2.